The molecule has 0 spiro atoms. The number of aromatic carboxylic acids is 1. The van der Waals surface area contributed by atoms with Gasteiger partial charge in [-0.05, 0) is 18.1 Å². The summed E-state index contributed by atoms with van der Waals surface area (Å²) in [5, 5.41) is 10.0. The van der Waals surface area contributed by atoms with Crippen LogP contribution in [0.4, 0.5) is 0 Å². The van der Waals surface area contributed by atoms with E-state index in [-0.39, 0.29) is 0 Å². The van der Waals surface area contributed by atoms with Crippen molar-refractivity contribution in [1.29, 1.82) is 0 Å². The summed E-state index contributed by atoms with van der Waals surface area (Å²) in [6, 6.07) is 7.93. The molecule has 0 aliphatic rings. The van der Waals surface area contributed by atoms with E-state index >= 15 is 0 Å². The Morgan fingerprint density at radius 2 is 2.16 bits per heavy atom. The molecule has 0 saturated heterocycles. The standard InChI is InChI=1S/C14H14BrNO2S/c1-2-5-11-13(14(17)18)19-12(16-11)8-9-6-3-4-7-10(9)15/h3-4,6-7H,2,5,8H2,1H3,(H,17,18). The van der Waals surface area contributed by atoms with E-state index in [1.165, 1.54) is 11.3 Å². The summed E-state index contributed by atoms with van der Waals surface area (Å²) in [4.78, 5) is 16.0. The number of aryl methyl sites for hydroxylation is 1. The van der Waals surface area contributed by atoms with E-state index in [9.17, 15) is 9.90 Å². The van der Waals surface area contributed by atoms with Gasteiger partial charge in [-0.1, -0.05) is 47.5 Å². The number of benzene rings is 1. The van der Waals surface area contributed by atoms with Gasteiger partial charge in [-0.15, -0.1) is 11.3 Å². The third-order valence-corrected chi connectivity index (χ3v) is 4.58. The van der Waals surface area contributed by atoms with E-state index in [1.807, 2.05) is 31.2 Å². The molecule has 1 aromatic carbocycles. The highest BCUT2D eigenvalue weighted by atomic mass is 79.9. The number of aromatic nitrogens is 1. The minimum Gasteiger partial charge on any atom is -0.477 e. The number of hydrogen-bond donors (Lipinski definition) is 1. The van der Waals surface area contributed by atoms with Crippen LogP contribution in [-0.2, 0) is 12.8 Å². The summed E-state index contributed by atoms with van der Waals surface area (Å²) in [5.41, 5.74) is 1.83. The van der Waals surface area contributed by atoms with Gasteiger partial charge in [-0.25, -0.2) is 9.78 Å². The third kappa shape index (κ3) is 3.42. The number of rotatable bonds is 5. The van der Waals surface area contributed by atoms with Gasteiger partial charge in [0.15, 0.2) is 0 Å². The van der Waals surface area contributed by atoms with Crippen LogP contribution < -0.4 is 0 Å². The molecular formula is C14H14BrNO2S. The molecule has 0 amide bonds. The van der Waals surface area contributed by atoms with Crippen LogP contribution in [0.1, 0.15) is 39.3 Å². The van der Waals surface area contributed by atoms with Crippen LogP contribution in [0.15, 0.2) is 28.7 Å². The molecular weight excluding hydrogens is 326 g/mol. The molecule has 0 unspecified atom stereocenters. The molecule has 19 heavy (non-hydrogen) atoms. The van der Waals surface area contributed by atoms with Gasteiger partial charge in [0.1, 0.15) is 4.88 Å². The van der Waals surface area contributed by atoms with Crippen LogP contribution in [0.5, 0.6) is 0 Å². The van der Waals surface area contributed by atoms with Gasteiger partial charge in [-0.3, -0.25) is 0 Å². The summed E-state index contributed by atoms with van der Waals surface area (Å²) >= 11 is 4.78. The number of carbonyl (C=O) groups is 1. The normalized spacial score (nSPS) is 10.6. The van der Waals surface area contributed by atoms with Gasteiger partial charge in [-0.2, -0.15) is 0 Å². The number of hydrogen-bond acceptors (Lipinski definition) is 3. The Kier molecular flexibility index (Phi) is 4.71. The molecule has 3 nitrogen and oxygen atoms in total. The van der Waals surface area contributed by atoms with Crippen LogP contribution in [-0.4, -0.2) is 16.1 Å². The average molecular weight is 340 g/mol. The predicted molar refractivity (Wildman–Crippen MR) is 80.0 cm³/mol. The molecule has 0 bridgehead atoms. The van der Waals surface area contributed by atoms with Crippen LogP contribution in [0.25, 0.3) is 0 Å². The lowest BCUT2D eigenvalue weighted by atomic mass is 10.1. The number of carboxylic acid groups (broad SMARTS) is 1. The Hall–Kier alpha value is -1.20. The first-order valence-electron chi connectivity index (χ1n) is 6.07. The maximum atomic E-state index is 11.2. The molecule has 1 aromatic heterocycles. The van der Waals surface area contributed by atoms with E-state index in [0.717, 1.165) is 21.5 Å². The van der Waals surface area contributed by atoms with E-state index < -0.39 is 5.97 Å². The minimum atomic E-state index is -0.876. The van der Waals surface area contributed by atoms with Crippen molar-refractivity contribution in [2.24, 2.45) is 0 Å². The number of thiazole rings is 1. The zero-order chi connectivity index (χ0) is 13.8. The van der Waals surface area contributed by atoms with Crippen molar-refractivity contribution in [2.45, 2.75) is 26.2 Å². The fourth-order valence-corrected chi connectivity index (χ4v) is 3.25. The highest BCUT2D eigenvalue weighted by Gasteiger charge is 2.17. The van der Waals surface area contributed by atoms with Crippen LogP contribution in [0, 0.1) is 0 Å². The van der Waals surface area contributed by atoms with Crippen molar-refractivity contribution < 1.29 is 9.90 Å². The Morgan fingerprint density at radius 3 is 2.79 bits per heavy atom. The fourth-order valence-electron chi connectivity index (χ4n) is 1.85. The molecule has 0 aliphatic heterocycles. The molecule has 1 N–H and O–H groups in total. The van der Waals surface area contributed by atoms with Gasteiger partial charge in [0.25, 0.3) is 0 Å². The Labute approximate surface area is 124 Å². The first-order chi connectivity index (χ1) is 9.11. The van der Waals surface area contributed by atoms with Crippen molar-refractivity contribution in [2.75, 3.05) is 0 Å². The van der Waals surface area contributed by atoms with E-state index in [4.69, 9.17) is 0 Å². The smallest absolute Gasteiger partial charge is 0.347 e. The summed E-state index contributed by atoms with van der Waals surface area (Å²) in [6.07, 6.45) is 2.28. The lowest BCUT2D eigenvalue weighted by Gasteiger charge is -2.00. The Balaban J connectivity index is 2.29. The second-order valence-electron chi connectivity index (χ2n) is 4.21. The van der Waals surface area contributed by atoms with Crippen molar-refractivity contribution >= 4 is 33.2 Å². The van der Waals surface area contributed by atoms with Gasteiger partial charge in [0, 0.05) is 10.9 Å². The maximum Gasteiger partial charge on any atom is 0.347 e. The molecule has 0 atom stereocenters. The highest BCUT2D eigenvalue weighted by molar-refractivity contribution is 9.10. The Morgan fingerprint density at radius 1 is 1.42 bits per heavy atom. The third-order valence-electron chi connectivity index (χ3n) is 2.72. The second-order valence-corrected chi connectivity index (χ2v) is 6.14. The summed E-state index contributed by atoms with van der Waals surface area (Å²) in [6.45, 7) is 2.03. The van der Waals surface area contributed by atoms with Gasteiger partial charge in [0.05, 0.1) is 10.7 Å². The lowest BCUT2D eigenvalue weighted by Crippen LogP contribution is -1.98. The minimum absolute atomic E-state index is 0.379. The summed E-state index contributed by atoms with van der Waals surface area (Å²) < 4.78 is 1.03. The van der Waals surface area contributed by atoms with Gasteiger partial charge < -0.3 is 5.11 Å². The van der Waals surface area contributed by atoms with Crippen molar-refractivity contribution in [3.8, 4) is 0 Å². The van der Waals surface area contributed by atoms with Crippen LogP contribution in [0.3, 0.4) is 0 Å². The molecule has 5 heteroatoms. The van der Waals surface area contributed by atoms with E-state index in [0.29, 0.717) is 23.4 Å². The first kappa shape index (κ1) is 14.2. The monoisotopic (exact) mass is 339 g/mol. The van der Waals surface area contributed by atoms with Crippen molar-refractivity contribution in [1.82, 2.24) is 4.98 Å². The maximum absolute atomic E-state index is 11.2. The van der Waals surface area contributed by atoms with E-state index in [2.05, 4.69) is 20.9 Å². The topological polar surface area (TPSA) is 50.2 Å². The quantitative estimate of drug-likeness (QED) is 0.890. The number of nitrogens with zero attached hydrogens (tertiary/aromatic N) is 1. The highest BCUT2D eigenvalue weighted by Crippen LogP contribution is 2.25. The SMILES string of the molecule is CCCc1nc(Cc2ccccc2Br)sc1C(=O)O. The lowest BCUT2D eigenvalue weighted by molar-refractivity contribution is 0.0700. The molecule has 0 saturated carbocycles. The molecule has 2 aromatic rings. The van der Waals surface area contributed by atoms with Gasteiger partial charge in [0.2, 0.25) is 0 Å². The average Bonchev–Trinajstić information content (AvgIpc) is 2.76. The van der Waals surface area contributed by atoms with Gasteiger partial charge >= 0.3 is 5.97 Å². The molecule has 100 valence electrons. The second kappa shape index (κ2) is 6.30. The molecule has 1 heterocycles. The number of carboxylic acids is 1. The molecule has 2 rings (SSSR count). The molecule has 0 aliphatic carbocycles. The van der Waals surface area contributed by atoms with E-state index in [1.54, 1.807) is 0 Å². The summed E-state index contributed by atoms with van der Waals surface area (Å²) in [5.74, 6) is -0.876. The first-order valence-corrected chi connectivity index (χ1v) is 7.68. The van der Waals surface area contributed by atoms with Crippen LogP contribution >= 0.6 is 27.3 Å². The number of halogens is 1. The molecule has 0 fully saturated rings. The van der Waals surface area contributed by atoms with Crippen molar-refractivity contribution in [3.63, 3.8) is 0 Å². The molecule has 0 radical (unpaired) electrons. The zero-order valence-corrected chi connectivity index (χ0v) is 12.9. The Bertz CT molecular complexity index is 595. The predicted octanol–water partition coefficient (Wildman–Crippen LogP) is 4.15. The zero-order valence-electron chi connectivity index (χ0n) is 10.5. The fraction of sp³-hybridized carbons (Fsp3) is 0.286. The largest absolute Gasteiger partial charge is 0.477 e. The van der Waals surface area contributed by atoms with Crippen LogP contribution in [0.2, 0.25) is 0 Å². The van der Waals surface area contributed by atoms with Crippen molar-refractivity contribution in [3.05, 3.63) is 49.9 Å². The summed E-state index contributed by atoms with van der Waals surface area (Å²) in [7, 11) is 0.